The van der Waals surface area contributed by atoms with Crippen LogP contribution in [-0.2, 0) is 40.0 Å². The van der Waals surface area contributed by atoms with Crippen LogP contribution in [0.5, 0.6) is 0 Å². The number of imidazole rings is 1. The smallest absolute Gasteiger partial charge is 0.326 e. The number of aromatic nitrogens is 2. The zero-order valence-corrected chi connectivity index (χ0v) is 25.3. The second-order valence-electron chi connectivity index (χ2n) is 10.8. The summed E-state index contributed by atoms with van der Waals surface area (Å²) in [6.45, 7) is -0.878. The van der Waals surface area contributed by atoms with Crippen LogP contribution >= 0.6 is 0 Å². The number of nitrogens with two attached hydrogens (primary N) is 2. The van der Waals surface area contributed by atoms with Crippen LogP contribution in [0.2, 0.25) is 0 Å². The molecule has 1 saturated heterocycles. The Hall–Kier alpha value is -4.62. The number of aromatic amines is 1. The van der Waals surface area contributed by atoms with E-state index in [1.807, 2.05) is 0 Å². The lowest BCUT2D eigenvalue weighted by atomic mass is 10.1. The molecule has 2 heterocycles. The molecule has 19 heteroatoms. The van der Waals surface area contributed by atoms with Gasteiger partial charge in [0.25, 0.3) is 0 Å². The Labute approximate surface area is 264 Å². The summed E-state index contributed by atoms with van der Waals surface area (Å²) in [6, 6.07) is -6.13. The van der Waals surface area contributed by atoms with Crippen molar-refractivity contribution >= 4 is 41.5 Å². The van der Waals surface area contributed by atoms with Gasteiger partial charge in [0.05, 0.1) is 25.5 Å². The lowest BCUT2D eigenvalue weighted by Crippen LogP contribution is -2.57. The fraction of sp³-hybridized carbons (Fsp3) is 0.630. The molecule has 46 heavy (non-hydrogen) atoms. The monoisotopic (exact) mass is 653 g/mol. The van der Waals surface area contributed by atoms with Gasteiger partial charge in [-0.05, 0) is 45.1 Å². The number of unbranched alkanes of at least 4 members (excludes halogenated alkanes) is 1. The van der Waals surface area contributed by atoms with Gasteiger partial charge in [0.15, 0.2) is 0 Å². The van der Waals surface area contributed by atoms with Crippen molar-refractivity contribution in [3.05, 3.63) is 18.2 Å². The van der Waals surface area contributed by atoms with Gasteiger partial charge in [0, 0.05) is 31.3 Å². The molecule has 0 spiro atoms. The zero-order valence-electron chi connectivity index (χ0n) is 25.3. The Balaban J connectivity index is 2.02. The SMILES string of the molecule is NCCCC[C@H](NC(=O)[C@H](Cc1cnc[nH]1)NC(=O)[C@@H]1CCCN1C(=O)CNC(=O)[C@H](CO)NC(=O)[C@@H](N)CCC(=O)O)C(=O)O. The summed E-state index contributed by atoms with van der Waals surface area (Å²) in [5, 5.41) is 37.4. The number of carboxylic acids is 2. The third-order valence-electron chi connectivity index (χ3n) is 7.28. The maximum atomic E-state index is 13.3. The fourth-order valence-corrected chi connectivity index (χ4v) is 4.72. The van der Waals surface area contributed by atoms with E-state index in [0.29, 0.717) is 31.5 Å². The number of carboxylic acid groups (broad SMARTS) is 2. The molecule has 0 bridgehead atoms. The van der Waals surface area contributed by atoms with Gasteiger partial charge in [0.1, 0.15) is 24.2 Å². The first kappa shape index (κ1) is 37.6. The summed E-state index contributed by atoms with van der Waals surface area (Å²) in [4.78, 5) is 94.6. The van der Waals surface area contributed by atoms with Crippen molar-refractivity contribution in [1.29, 1.82) is 0 Å². The summed E-state index contributed by atoms with van der Waals surface area (Å²) in [7, 11) is 0. The highest BCUT2D eigenvalue weighted by Gasteiger charge is 2.37. The number of nitrogens with one attached hydrogen (secondary N) is 5. The second kappa shape index (κ2) is 19.0. The maximum absolute atomic E-state index is 13.3. The number of rotatable bonds is 20. The number of aliphatic hydroxyl groups excluding tert-OH is 1. The van der Waals surface area contributed by atoms with Crippen LogP contribution in [0.4, 0.5) is 0 Å². The molecule has 0 aliphatic carbocycles. The summed E-state index contributed by atoms with van der Waals surface area (Å²) in [6.07, 6.45) is 4.08. The molecule has 0 radical (unpaired) electrons. The molecule has 0 saturated carbocycles. The van der Waals surface area contributed by atoms with Crippen LogP contribution in [0.1, 0.15) is 50.6 Å². The van der Waals surface area contributed by atoms with E-state index < -0.39 is 84.8 Å². The van der Waals surface area contributed by atoms with Crippen molar-refractivity contribution in [2.75, 3.05) is 26.2 Å². The Morgan fingerprint density at radius 2 is 1.70 bits per heavy atom. The van der Waals surface area contributed by atoms with Crippen LogP contribution in [-0.4, -0.2) is 128 Å². The average molecular weight is 654 g/mol. The summed E-state index contributed by atoms with van der Waals surface area (Å²) < 4.78 is 0. The zero-order chi connectivity index (χ0) is 34.2. The number of H-pyrrole nitrogens is 1. The van der Waals surface area contributed by atoms with Gasteiger partial charge in [-0.2, -0.15) is 0 Å². The van der Waals surface area contributed by atoms with E-state index in [-0.39, 0.29) is 38.6 Å². The summed E-state index contributed by atoms with van der Waals surface area (Å²) in [5.41, 5.74) is 11.6. The van der Waals surface area contributed by atoms with Gasteiger partial charge in [-0.15, -0.1) is 0 Å². The predicted octanol–water partition coefficient (Wildman–Crippen LogP) is -4.09. The van der Waals surface area contributed by atoms with Crippen LogP contribution in [0.15, 0.2) is 12.5 Å². The van der Waals surface area contributed by atoms with Gasteiger partial charge in [-0.3, -0.25) is 28.8 Å². The molecule has 19 nitrogen and oxygen atoms in total. The lowest BCUT2D eigenvalue weighted by molar-refractivity contribution is -0.143. The largest absolute Gasteiger partial charge is 0.481 e. The number of likely N-dealkylation sites (tertiary alicyclic amines) is 1. The van der Waals surface area contributed by atoms with E-state index in [1.54, 1.807) is 0 Å². The highest BCUT2D eigenvalue weighted by molar-refractivity contribution is 5.95. The predicted molar refractivity (Wildman–Crippen MR) is 158 cm³/mol. The Morgan fingerprint density at radius 1 is 0.978 bits per heavy atom. The van der Waals surface area contributed by atoms with Crippen LogP contribution < -0.4 is 32.7 Å². The molecule has 12 N–H and O–H groups in total. The van der Waals surface area contributed by atoms with Gasteiger partial charge in [-0.1, -0.05) is 0 Å². The van der Waals surface area contributed by atoms with Crippen molar-refractivity contribution in [2.45, 2.75) is 81.6 Å². The van der Waals surface area contributed by atoms with Crippen molar-refractivity contribution in [3.63, 3.8) is 0 Å². The van der Waals surface area contributed by atoms with Crippen molar-refractivity contribution in [2.24, 2.45) is 11.5 Å². The standard InChI is InChI=1S/C27H43N9O10/c28-8-2-1-4-17(27(45)46)33-25(43)18(10-15-11-30-14-32-15)34-26(44)20-5-3-9-36(20)21(38)12-31-24(42)19(13-37)35-23(41)16(29)6-7-22(39)40/h11,14,16-20,37H,1-10,12-13,28-29H2,(H,30,32)(H,31,42)(H,33,43)(H,34,44)(H,35,41)(H,39,40)(H,45,46)/t16-,17-,18-,19-,20-/m0/s1. The third kappa shape index (κ3) is 12.1. The fourth-order valence-electron chi connectivity index (χ4n) is 4.72. The van der Waals surface area contributed by atoms with Gasteiger partial charge >= 0.3 is 11.9 Å². The van der Waals surface area contributed by atoms with E-state index in [1.165, 1.54) is 17.4 Å². The maximum Gasteiger partial charge on any atom is 0.326 e. The molecule has 0 unspecified atom stereocenters. The van der Waals surface area contributed by atoms with Gasteiger partial charge in [0.2, 0.25) is 29.5 Å². The molecule has 1 aliphatic heterocycles. The Kier molecular flexibility index (Phi) is 15.5. The summed E-state index contributed by atoms with van der Waals surface area (Å²) >= 11 is 0. The first-order valence-corrected chi connectivity index (χ1v) is 14.8. The molecule has 2 rings (SSSR count). The number of hydrogen-bond donors (Lipinski definition) is 10. The van der Waals surface area contributed by atoms with Gasteiger partial charge < -0.3 is 57.9 Å². The minimum absolute atomic E-state index is 0.0440. The highest BCUT2D eigenvalue weighted by atomic mass is 16.4. The van der Waals surface area contributed by atoms with Crippen LogP contribution in [0.3, 0.4) is 0 Å². The molecule has 1 aromatic heterocycles. The molecule has 0 aromatic carbocycles. The number of nitrogens with zero attached hydrogens (tertiary/aromatic N) is 2. The molecular formula is C27H43N9O10. The molecule has 5 atom stereocenters. The molecule has 256 valence electrons. The first-order valence-electron chi connectivity index (χ1n) is 14.8. The first-order chi connectivity index (χ1) is 21.9. The number of carbonyl (C=O) groups excluding carboxylic acids is 5. The molecular weight excluding hydrogens is 610 g/mol. The van der Waals surface area contributed by atoms with Crippen molar-refractivity contribution in [3.8, 4) is 0 Å². The number of hydrogen-bond acceptors (Lipinski definition) is 11. The third-order valence-corrected chi connectivity index (χ3v) is 7.28. The number of amides is 5. The Bertz CT molecular complexity index is 1210. The quantitative estimate of drug-likeness (QED) is 0.0599. The van der Waals surface area contributed by atoms with E-state index in [2.05, 4.69) is 31.2 Å². The van der Waals surface area contributed by atoms with Crippen molar-refractivity contribution in [1.82, 2.24) is 36.1 Å². The number of carbonyl (C=O) groups is 7. The molecule has 1 aromatic rings. The molecule has 1 fully saturated rings. The van der Waals surface area contributed by atoms with E-state index in [9.17, 15) is 43.8 Å². The van der Waals surface area contributed by atoms with Gasteiger partial charge in [-0.25, -0.2) is 9.78 Å². The topological polar surface area (TPSA) is 312 Å². The molecule has 1 aliphatic rings. The lowest BCUT2D eigenvalue weighted by Gasteiger charge is -2.27. The Morgan fingerprint density at radius 3 is 2.30 bits per heavy atom. The minimum Gasteiger partial charge on any atom is -0.481 e. The van der Waals surface area contributed by atoms with E-state index >= 15 is 0 Å². The van der Waals surface area contributed by atoms with E-state index in [4.69, 9.17) is 16.6 Å². The normalized spacial score (nSPS) is 16.8. The second-order valence-corrected chi connectivity index (χ2v) is 10.8. The van der Waals surface area contributed by atoms with E-state index in [0.717, 1.165) is 0 Å². The number of aliphatic carboxylic acids is 2. The van der Waals surface area contributed by atoms with Crippen LogP contribution in [0, 0.1) is 0 Å². The van der Waals surface area contributed by atoms with Crippen molar-refractivity contribution < 1.29 is 48.9 Å². The van der Waals surface area contributed by atoms with Crippen LogP contribution in [0.25, 0.3) is 0 Å². The number of aliphatic hydroxyl groups is 1. The highest BCUT2D eigenvalue weighted by Crippen LogP contribution is 2.18. The average Bonchev–Trinajstić information content (AvgIpc) is 3.73. The minimum atomic E-state index is -1.47. The molecule has 5 amide bonds. The summed E-state index contributed by atoms with van der Waals surface area (Å²) in [5.74, 6) is -6.23.